The van der Waals surface area contributed by atoms with E-state index in [2.05, 4.69) is 15.6 Å². The van der Waals surface area contributed by atoms with Crippen molar-refractivity contribution in [3.8, 4) is 0 Å². The Morgan fingerprint density at radius 2 is 1.72 bits per heavy atom. The van der Waals surface area contributed by atoms with Gasteiger partial charge in [-0.1, -0.05) is 36.4 Å². The Morgan fingerprint density at radius 1 is 0.897 bits per heavy atom. The van der Waals surface area contributed by atoms with E-state index >= 15 is 0 Å². The molecule has 6 heteroatoms. The lowest BCUT2D eigenvalue weighted by Gasteiger charge is -2.09. The van der Waals surface area contributed by atoms with E-state index in [1.807, 2.05) is 71.4 Å². The zero-order valence-electron chi connectivity index (χ0n) is 16.0. The lowest BCUT2D eigenvalue weighted by atomic mass is 10.2. The third kappa shape index (κ3) is 4.43. The van der Waals surface area contributed by atoms with Crippen LogP contribution < -0.4 is 10.6 Å². The fourth-order valence-electron chi connectivity index (χ4n) is 3.38. The van der Waals surface area contributed by atoms with Gasteiger partial charge < -0.3 is 15.2 Å². The average molecular weight is 386 g/mol. The lowest BCUT2D eigenvalue weighted by molar-refractivity contribution is -0.122. The molecule has 4 rings (SSSR count). The van der Waals surface area contributed by atoms with Crippen LogP contribution in [0, 0.1) is 0 Å². The summed E-state index contributed by atoms with van der Waals surface area (Å²) in [4.78, 5) is 28.8. The van der Waals surface area contributed by atoms with E-state index in [9.17, 15) is 9.59 Å². The van der Waals surface area contributed by atoms with Gasteiger partial charge in [-0.25, -0.2) is 0 Å². The maximum atomic E-state index is 12.2. The molecule has 2 amide bonds. The molecule has 0 spiro atoms. The molecule has 0 atom stereocenters. The summed E-state index contributed by atoms with van der Waals surface area (Å²) in [5, 5.41) is 7.89. The number of benzene rings is 2. The van der Waals surface area contributed by atoms with Crippen molar-refractivity contribution in [2.45, 2.75) is 19.4 Å². The molecule has 2 aromatic heterocycles. The van der Waals surface area contributed by atoms with E-state index < -0.39 is 0 Å². The molecule has 146 valence electrons. The number of fused-ring (bicyclic) bond motifs is 2. The number of carbonyl (C=O) groups excluding carboxylic acids is 2. The number of pyridine rings is 1. The minimum Gasteiger partial charge on any atom is -0.355 e. The van der Waals surface area contributed by atoms with Gasteiger partial charge in [-0.3, -0.25) is 14.6 Å². The second-order valence-electron chi connectivity index (χ2n) is 6.88. The van der Waals surface area contributed by atoms with Gasteiger partial charge >= 0.3 is 0 Å². The van der Waals surface area contributed by atoms with Crippen molar-refractivity contribution >= 4 is 39.3 Å². The summed E-state index contributed by atoms with van der Waals surface area (Å²) in [6, 6.07) is 19.5. The SMILES string of the molecule is O=C(Cn1ccc2ccccc21)NCCCC(=O)Nc1cccc2cccnc12. The predicted molar refractivity (Wildman–Crippen MR) is 115 cm³/mol. The van der Waals surface area contributed by atoms with Crippen molar-refractivity contribution in [3.05, 3.63) is 73.1 Å². The van der Waals surface area contributed by atoms with Crippen LogP contribution in [0.3, 0.4) is 0 Å². The maximum absolute atomic E-state index is 12.2. The Bertz CT molecular complexity index is 1160. The fourth-order valence-corrected chi connectivity index (χ4v) is 3.38. The van der Waals surface area contributed by atoms with Crippen LogP contribution in [0.25, 0.3) is 21.8 Å². The van der Waals surface area contributed by atoms with Gasteiger partial charge in [0, 0.05) is 36.3 Å². The Kier molecular flexibility index (Phi) is 5.52. The summed E-state index contributed by atoms with van der Waals surface area (Å²) in [7, 11) is 0. The molecular formula is C23H22N4O2. The predicted octanol–water partition coefficient (Wildman–Crippen LogP) is 3.72. The number of hydrogen-bond acceptors (Lipinski definition) is 3. The second kappa shape index (κ2) is 8.56. The molecule has 0 bridgehead atoms. The molecule has 2 N–H and O–H groups in total. The molecule has 6 nitrogen and oxygen atoms in total. The van der Waals surface area contributed by atoms with Gasteiger partial charge in [-0.2, -0.15) is 0 Å². The highest BCUT2D eigenvalue weighted by atomic mass is 16.2. The van der Waals surface area contributed by atoms with E-state index in [-0.39, 0.29) is 18.4 Å². The largest absolute Gasteiger partial charge is 0.355 e. The van der Waals surface area contributed by atoms with Crippen LogP contribution in [0.15, 0.2) is 73.1 Å². The van der Waals surface area contributed by atoms with E-state index in [0.717, 1.165) is 21.8 Å². The zero-order valence-corrected chi connectivity index (χ0v) is 16.0. The molecule has 0 fully saturated rings. The average Bonchev–Trinajstić information content (AvgIpc) is 3.14. The number of anilines is 1. The second-order valence-corrected chi connectivity index (χ2v) is 6.88. The highest BCUT2D eigenvalue weighted by Crippen LogP contribution is 2.20. The number of aromatic nitrogens is 2. The van der Waals surface area contributed by atoms with E-state index in [0.29, 0.717) is 25.1 Å². The Labute approximate surface area is 168 Å². The molecule has 0 saturated carbocycles. The molecule has 29 heavy (non-hydrogen) atoms. The molecule has 2 heterocycles. The summed E-state index contributed by atoms with van der Waals surface area (Å²) >= 11 is 0. The highest BCUT2D eigenvalue weighted by Gasteiger charge is 2.08. The van der Waals surface area contributed by atoms with Crippen LogP contribution in [0.1, 0.15) is 12.8 Å². The fraction of sp³-hybridized carbons (Fsp3) is 0.174. The van der Waals surface area contributed by atoms with Gasteiger partial charge in [0.05, 0.1) is 11.2 Å². The van der Waals surface area contributed by atoms with Crippen molar-refractivity contribution in [1.82, 2.24) is 14.9 Å². The first kappa shape index (κ1) is 18.7. The van der Waals surface area contributed by atoms with E-state index in [4.69, 9.17) is 0 Å². The number of nitrogens with one attached hydrogen (secondary N) is 2. The first-order valence-electron chi connectivity index (χ1n) is 9.65. The molecular weight excluding hydrogens is 364 g/mol. The van der Waals surface area contributed by atoms with Crippen LogP contribution in [-0.4, -0.2) is 27.9 Å². The quantitative estimate of drug-likeness (QED) is 0.475. The number of rotatable bonds is 7. The van der Waals surface area contributed by atoms with Crippen LogP contribution in [0.5, 0.6) is 0 Å². The van der Waals surface area contributed by atoms with E-state index in [1.54, 1.807) is 6.20 Å². The third-order valence-corrected chi connectivity index (χ3v) is 4.80. The third-order valence-electron chi connectivity index (χ3n) is 4.80. The maximum Gasteiger partial charge on any atom is 0.239 e. The molecule has 0 radical (unpaired) electrons. The summed E-state index contributed by atoms with van der Waals surface area (Å²) in [5.41, 5.74) is 2.51. The van der Waals surface area contributed by atoms with Crippen LogP contribution in [0.4, 0.5) is 5.69 Å². The summed E-state index contributed by atoms with van der Waals surface area (Å²) in [6.45, 7) is 0.723. The molecule has 0 aliphatic carbocycles. The van der Waals surface area contributed by atoms with Gasteiger partial charge in [0.1, 0.15) is 6.54 Å². The molecule has 0 unspecified atom stereocenters. The highest BCUT2D eigenvalue weighted by molar-refractivity contribution is 6.00. The smallest absolute Gasteiger partial charge is 0.239 e. The number of carbonyl (C=O) groups is 2. The van der Waals surface area contributed by atoms with Gasteiger partial charge in [-0.15, -0.1) is 0 Å². The van der Waals surface area contributed by atoms with Gasteiger partial charge in [-0.05, 0) is 36.1 Å². The van der Waals surface area contributed by atoms with Crippen LogP contribution in [-0.2, 0) is 16.1 Å². The summed E-state index contributed by atoms with van der Waals surface area (Å²) < 4.78 is 1.92. The number of para-hydroxylation sites is 2. The Hall–Kier alpha value is -3.67. The first-order valence-corrected chi connectivity index (χ1v) is 9.65. The molecule has 4 aromatic rings. The molecule has 0 aliphatic heterocycles. The van der Waals surface area contributed by atoms with Crippen molar-refractivity contribution in [1.29, 1.82) is 0 Å². The van der Waals surface area contributed by atoms with Gasteiger partial charge in [0.15, 0.2) is 0 Å². The normalized spacial score (nSPS) is 10.9. The van der Waals surface area contributed by atoms with Gasteiger partial charge in [0.25, 0.3) is 0 Å². The Morgan fingerprint density at radius 3 is 2.66 bits per heavy atom. The van der Waals surface area contributed by atoms with Crippen molar-refractivity contribution < 1.29 is 9.59 Å². The molecule has 2 aromatic carbocycles. The lowest BCUT2D eigenvalue weighted by Crippen LogP contribution is -2.28. The number of amides is 2. The van der Waals surface area contributed by atoms with E-state index in [1.165, 1.54) is 0 Å². The molecule has 0 saturated heterocycles. The first-order chi connectivity index (χ1) is 14.2. The topological polar surface area (TPSA) is 76.0 Å². The number of hydrogen-bond donors (Lipinski definition) is 2. The zero-order chi connectivity index (χ0) is 20.1. The van der Waals surface area contributed by atoms with Gasteiger partial charge in [0.2, 0.25) is 11.8 Å². The Balaban J connectivity index is 1.24. The summed E-state index contributed by atoms with van der Waals surface area (Å²) in [6.07, 6.45) is 4.52. The monoisotopic (exact) mass is 386 g/mol. The van der Waals surface area contributed by atoms with Crippen LogP contribution >= 0.6 is 0 Å². The standard InChI is InChI=1S/C23H22N4O2/c28-21(26-19-9-3-7-18-8-4-14-25-23(18)19)11-5-13-24-22(29)16-27-15-12-17-6-1-2-10-20(17)27/h1-4,6-10,12,14-15H,5,11,13,16H2,(H,24,29)(H,26,28). The van der Waals surface area contributed by atoms with Crippen molar-refractivity contribution in [2.24, 2.45) is 0 Å². The van der Waals surface area contributed by atoms with Crippen molar-refractivity contribution in [2.75, 3.05) is 11.9 Å². The van der Waals surface area contributed by atoms with Crippen molar-refractivity contribution in [3.63, 3.8) is 0 Å². The minimum atomic E-state index is -0.0891. The molecule has 0 aliphatic rings. The summed E-state index contributed by atoms with van der Waals surface area (Å²) in [5.74, 6) is -0.154. The minimum absolute atomic E-state index is 0.0648. The van der Waals surface area contributed by atoms with Crippen LogP contribution in [0.2, 0.25) is 0 Å². The number of nitrogens with zero attached hydrogens (tertiary/aromatic N) is 2.